The highest BCUT2D eigenvalue weighted by atomic mass is 32.2. The highest BCUT2D eigenvalue weighted by Gasteiger charge is 2.48. The first-order valence-corrected chi connectivity index (χ1v) is 12.8. The van der Waals surface area contributed by atoms with Crippen molar-refractivity contribution in [1.29, 1.82) is 5.26 Å². The van der Waals surface area contributed by atoms with Crippen molar-refractivity contribution in [2.75, 3.05) is 12.3 Å². The number of phenols is 1. The summed E-state index contributed by atoms with van der Waals surface area (Å²) in [5.74, 6) is -1.82. The van der Waals surface area contributed by atoms with Crippen molar-refractivity contribution in [3.63, 3.8) is 0 Å². The van der Waals surface area contributed by atoms with Crippen LogP contribution in [0.1, 0.15) is 51.2 Å². The number of carbonyl (C=O) groups is 1. The number of nitrogens with zero attached hydrogens (tertiary/aromatic N) is 1. The number of aliphatic hydroxyl groups is 1. The molecule has 38 heavy (non-hydrogen) atoms. The molecule has 0 heterocycles. The molecule has 3 N–H and O–H groups in total. The van der Waals surface area contributed by atoms with Gasteiger partial charge < -0.3 is 20.1 Å². The van der Waals surface area contributed by atoms with Crippen molar-refractivity contribution < 1.29 is 37.1 Å². The Balaban J connectivity index is 2.18. The molecule has 3 rings (SSSR count). The molecule has 0 aliphatic rings. The van der Waals surface area contributed by atoms with Crippen LogP contribution in [0.4, 0.5) is 17.6 Å². The molecule has 0 fully saturated rings. The van der Waals surface area contributed by atoms with Gasteiger partial charge in [-0.2, -0.15) is 18.4 Å². The number of hydrogen-bond acceptors (Lipinski definition) is 5. The Hall–Kier alpha value is -3.59. The zero-order valence-corrected chi connectivity index (χ0v) is 20.9. The molecular formula is C27H24F4N2O4S. The molecule has 0 aliphatic carbocycles. The lowest BCUT2D eigenvalue weighted by atomic mass is 9.85. The van der Waals surface area contributed by atoms with Crippen molar-refractivity contribution in [2.45, 2.75) is 30.4 Å². The first kappa shape index (κ1) is 29.0. The molecule has 0 spiro atoms. The van der Waals surface area contributed by atoms with Gasteiger partial charge in [0.25, 0.3) is 5.91 Å². The Morgan fingerprint density at radius 2 is 1.79 bits per heavy atom. The van der Waals surface area contributed by atoms with E-state index in [1.165, 1.54) is 48.5 Å². The molecule has 200 valence electrons. The quantitative estimate of drug-likeness (QED) is 0.259. The molecule has 11 heteroatoms. The van der Waals surface area contributed by atoms with Gasteiger partial charge in [-0.15, -0.1) is 0 Å². The van der Waals surface area contributed by atoms with Crippen LogP contribution in [0.25, 0.3) is 0 Å². The average Bonchev–Trinajstić information content (AvgIpc) is 2.87. The predicted octanol–water partition coefficient (Wildman–Crippen LogP) is 4.94. The number of aromatic hydroxyl groups is 1. The number of alkyl halides is 3. The second-order valence-electron chi connectivity index (χ2n) is 8.51. The smallest absolute Gasteiger partial charge is 0.417 e. The number of nitriles is 1. The molecule has 0 aromatic heterocycles. The summed E-state index contributed by atoms with van der Waals surface area (Å²) >= 11 is -1.99. The third-order valence-electron chi connectivity index (χ3n) is 5.89. The fourth-order valence-electron chi connectivity index (χ4n) is 4.08. The van der Waals surface area contributed by atoms with Gasteiger partial charge in [-0.05, 0) is 59.6 Å². The van der Waals surface area contributed by atoms with Crippen LogP contribution in [0.3, 0.4) is 0 Å². The fourth-order valence-corrected chi connectivity index (χ4v) is 5.82. The van der Waals surface area contributed by atoms with Gasteiger partial charge in [-0.3, -0.25) is 4.79 Å². The van der Waals surface area contributed by atoms with Gasteiger partial charge in [0.1, 0.15) is 17.3 Å². The second kappa shape index (κ2) is 11.9. The zero-order valence-electron chi connectivity index (χ0n) is 20.1. The van der Waals surface area contributed by atoms with Gasteiger partial charge in [-0.1, -0.05) is 37.3 Å². The van der Waals surface area contributed by atoms with Gasteiger partial charge >= 0.3 is 6.18 Å². The lowest BCUT2D eigenvalue weighted by Crippen LogP contribution is -2.48. The predicted molar refractivity (Wildman–Crippen MR) is 133 cm³/mol. The average molecular weight is 549 g/mol. The summed E-state index contributed by atoms with van der Waals surface area (Å²) in [6.45, 7) is 1.05. The van der Waals surface area contributed by atoms with Crippen LogP contribution < -0.4 is 5.32 Å². The number of benzene rings is 3. The van der Waals surface area contributed by atoms with E-state index in [4.69, 9.17) is 0 Å². The van der Waals surface area contributed by atoms with Crippen molar-refractivity contribution in [1.82, 2.24) is 5.32 Å². The lowest BCUT2D eigenvalue weighted by molar-refractivity contribution is -0.137. The van der Waals surface area contributed by atoms with Crippen LogP contribution >= 0.6 is 0 Å². The van der Waals surface area contributed by atoms with Crippen LogP contribution in [-0.2, 0) is 23.0 Å². The van der Waals surface area contributed by atoms with E-state index >= 15 is 0 Å². The highest BCUT2D eigenvalue weighted by molar-refractivity contribution is 7.91. The molecule has 3 aromatic carbocycles. The van der Waals surface area contributed by atoms with E-state index < -0.39 is 57.6 Å². The summed E-state index contributed by atoms with van der Waals surface area (Å²) in [4.78, 5) is 12.8. The summed E-state index contributed by atoms with van der Waals surface area (Å²) in [5.41, 5.74) is -4.53. The van der Waals surface area contributed by atoms with E-state index in [-0.39, 0.29) is 28.2 Å². The Labute approximate surface area is 219 Å². The molecule has 0 bridgehead atoms. The number of para-hydroxylation sites is 1. The minimum atomic E-state index is -4.91. The molecule has 0 radical (unpaired) electrons. The first-order chi connectivity index (χ1) is 17.9. The van der Waals surface area contributed by atoms with Gasteiger partial charge in [0.15, 0.2) is 10.9 Å². The third-order valence-corrected chi connectivity index (χ3v) is 7.88. The Morgan fingerprint density at radius 3 is 2.37 bits per heavy atom. The van der Waals surface area contributed by atoms with E-state index in [0.717, 1.165) is 18.2 Å². The molecule has 0 aliphatic heterocycles. The van der Waals surface area contributed by atoms with E-state index in [1.807, 2.05) is 0 Å². The normalized spacial score (nSPS) is 14.7. The number of rotatable bonds is 9. The van der Waals surface area contributed by atoms with Crippen molar-refractivity contribution in [3.8, 4) is 11.8 Å². The SMILES string of the molecule is CCC[S+]([O-])C(c1ccc(C#N)c(C(F)(F)F)c1)C(O)(CNC(=O)c1ccccc1O)c1ccc(F)cc1. The molecular weight excluding hydrogens is 524 g/mol. The van der Waals surface area contributed by atoms with Crippen LogP contribution in [-0.4, -0.2) is 33.0 Å². The van der Waals surface area contributed by atoms with E-state index in [1.54, 1.807) is 6.92 Å². The van der Waals surface area contributed by atoms with Gasteiger partial charge in [0.05, 0.1) is 29.3 Å². The third kappa shape index (κ3) is 6.27. The summed E-state index contributed by atoms with van der Waals surface area (Å²) in [7, 11) is 0. The number of hydrogen-bond donors (Lipinski definition) is 3. The number of phenolic OH excluding ortho intramolecular Hbond substituents is 1. The van der Waals surface area contributed by atoms with Crippen LogP contribution in [0.2, 0.25) is 0 Å². The zero-order chi connectivity index (χ0) is 28.1. The lowest BCUT2D eigenvalue weighted by Gasteiger charge is -2.38. The second-order valence-corrected chi connectivity index (χ2v) is 10.2. The van der Waals surface area contributed by atoms with Crippen LogP contribution in [0.15, 0.2) is 66.7 Å². The van der Waals surface area contributed by atoms with Crippen LogP contribution in [0.5, 0.6) is 5.75 Å². The minimum absolute atomic E-state index is 0.0103. The van der Waals surface area contributed by atoms with Gasteiger partial charge in [0, 0.05) is 5.56 Å². The minimum Gasteiger partial charge on any atom is -0.616 e. The monoisotopic (exact) mass is 548 g/mol. The molecule has 0 saturated carbocycles. The molecule has 3 unspecified atom stereocenters. The molecule has 6 nitrogen and oxygen atoms in total. The van der Waals surface area contributed by atoms with Gasteiger partial charge in [-0.25, -0.2) is 4.39 Å². The topological polar surface area (TPSA) is 116 Å². The molecule has 1 amide bonds. The highest BCUT2D eigenvalue weighted by Crippen LogP contribution is 2.44. The van der Waals surface area contributed by atoms with Crippen molar-refractivity contribution >= 4 is 17.1 Å². The summed E-state index contributed by atoms with van der Waals surface area (Å²) in [5, 5.41) is 32.2. The largest absolute Gasteiger partial charge is 0.616 e. The van der Waals surface area contributed by atoms with E-state index in [9.17, 15) is 42.4 Å². The number of carbonyl (C=O) groups excluding carboxylic acids is 1. The molecule has 3 atom stereocenters. The van der Waals surface area contributed by atoms with E-state index in [0.29, 0.717) is 12.5 Å². The Bertz CT molecular complexity index is 1330. The summed E-state index contributed by atoms with van der Waals surface area (Å²) in [6, 6.07) is 14.2. The number of amides is 1. The molecule has 3 aromatic rings. The number of nitrogens with one attached hydrogen (secondary N) is 1. The Kier molecular flexibility index (Phi) is 9.04. The van der Waals surface area contributed by atoms with Crippen LogP contribution in [0, 0.1) is 17.1 Å². The number of halogens is 4. The maximum Gasteiger partial charge on any atom is 0.417 e. The summed E-state index contributed by atoms with van der Waals surface area (Å²) in [6.07, 6.45) is -4.56. The van der Waals surface area contributed by atoms with Crippen molar-refractivity contribution in [2.24, 2.45) is 0 Å². The van der Waals surface area contributed by atoms with E-state index in [2.05, 4.69) is 5.32 Å². The fraction of sp³-hybridized carbons (Fsp3) is 0.259. The Morgan fingerprint density at radius 1 is 1.13 bits per heavy atom. The standard InChI is InChI=1S/C27H24F4N2O4S/c1-2-13-38(37)24(17-7-8-18(15-32)22(14-17)27(29,30)31)26(36,19-9-11-20(28)12-10-19)16-33-25(35)21-5-3-4-6-23(21)34/h3-12,14,24,34,36H,2,13,16H2,1H3,(H,33,35). The van der Waals surface area contributed by atoms with Crippen molar-refractivity contribution in [3.05, 3.63) is 100 Å². The van der Waals surface area contributed by atoms with Gasteiger partial charge in [0.2, 0.25) is 0 Å². The first-order valence-electron chi connectivity index (χ1n) is 11.5. The maximum atomic E-state index is 13.8. The molecule has 0 saturated heterocycles. The summed E-state index contributed by atoms with van der Waals surface area (Å²) < 4.78 is 68.5. The maximum absolute atomic E-state index is 13.8.